The van der Waals surface area contributed by atoms with Gasteiger partial charge < -0.3 is 5.11 Å². The molecule has 2 heteroatoms. The number of rotatable bonds is 1. The van der Waals surface area contributed by atoms with Crippen LogP contribution in [0.5, 0.6) is 0 Å². The zero-order valence-electron chi connectivity index (χ0n) is 6.29. The standard InChI is InChI=1S/C8H12O2/c1-8(2)4-6(5-9)3-7(8)10/h3,5,7,10H,4H2,1-2H3. The predicted octanol–water partition coefficient (Wildman–Crippen LogP) is 0.902. The van der Waals surface area contributed by atoms with Crippen molar-refractivity contribution < 1.29 is 9.90 Å². The smallest absolute Gasteiger partial charge is 0.145 e. The summed E-state index contributed by atoms with van der Waals surface area (Å²) >= 11 is 0. The Labute approximate surface area is 60.6 Å². The van der Waals surface area contributed by atoms with Gasteiger partial charge in [-0.2, -0.15) is 0 Å². The van der Waals surface area contributed by atoms with Crippen LogP contribution in [0.15, 0.2) is 11.6 Å². The summed E-state index contributed by atoms with van der Waals surface area (Å²) in [6, 6.07) is 0. The molecule has 1 aliphatic rings. The fraction of sp³-hybridized carbons (Fsp3) is 0.625. The molecule has 0 saturated carbocycles. The summed E-state index contributed by atoms with van der Waals surface area (Å²) in [7, 11) is 0. The predicted molar refractivity (Wildman–Crippen MR) is 38.6 cm³/mol. The lowest BCUT2D eigenvalue weighted by atomic mass is 9.87. The molecule has 10 heavy (non-hydrogen) atoms. The molecule has 0 aromatic carbocycles. The fourth-order valence-electron chi connectivity index (χ4n) is 1.20. The Morgan fingerprint density at radius 3 is 2.60 bits per heavy atom. The molecule has 0 fully saturated rings. The highest BCUT2D eigenvalue weighted by atomic mass is 16.3. The van der Waals surface area contributed by atoms with Gasteiger partial charge >= 0.3 is 0 Å². The molecule has 0 heterocycles. The van der Waals surface area contributed by atoms with Crippen LogP contribution < -0.4 is 0 Å². The van der Waals surface area contributed by atoms with Crippen LogP contribution in [0.3, 0.4) is 0 Å². The maximum atomic E-state index is 10.3. The molecule has 0 saturated heterocycles. The summed E-state index contributed by atoms with van der Waals surface area (Å²) in [6.07, 6.45) is 2.69. The second kappa shape index (κ2) is 2.20. The van der Waals surface area contributed by atoms with Gasteiger partial charge in [-0.3, -0.25) is 4.79 Å². The normalized spacial score (nSPS) is 29.9. The lowest BCUT2D eigenvalue weighted by Crippen LogP contribution is -2.22. The molecule has 1 atom stereocenters. The van der Waals surface area contributed by atoms with Gasteiger partial charge in [-0.15, -0.1) is 0 Å². The first-order valence-corrected chi connectivity index (χ1v) is 3.40. The van der Waals surface area contributed by atoms with E-state index in [1.165, 1.54) is 0 Å². The molecule has 0 aromatic heterocycles. The zero-order valence-corrected chi connectivity index (χ0v) is 6.29. The minimum absolute atomic E-state index is 0.143. The lowest BCUT2D eigenvalue weighted by Gasteiger charge is -2.21. The van der Waals surface area contributed by atoms with Crippen molar-refractivity contribution >= 4 is 6.29 Å². The van der Waals surface area contributed by atoms with Crippen molar-refractivity contribution in [2.45, 2.75) is 26.4 Å². The molecule has 1 rings (SSSR count). The number of aliphatic hydroxyl groups is 1. The number of aliphatic hydroxyl groups excluding tert-OH is 1. The molecule has 0 spiro atoms. The van der Waals surface area contributed by atoms with E-state index in [-0.39, 0.29) is 5.41 Å². The van der Waals surface area contributed by atoms with Crippen LogP contribution in [-0.2, 0) is 4.79 Å². The van der Waals surface area contributed by atoms with Crippen molar-refractivity contribution in [1.82, 2.24) is 0 Å². The summed E-state index contributed by atoms with van der Waals surface area (Å²) in [5, 5.41) is 9.32. The van der Waals surface area contributed by atoms with Crippen LogP contribution in [0.1, 0.15) is 20.3 Å². The Bertz CT molecular complexity index is 180. The second-order valence-corrected chi connectivity index (χ2v) is 3.47. The number of hydrogen-bond donors (Lipinski definition) is 1. The highest BCUT2D eigenvalue weighted by Gasteiger charge is 2.32. The van der Waals surface area contributed by atoms with Gasteiger partial charge in [-0.05, 0) is 23.5 Å². The van der Waals surface area contributed by atoms with E-state index in [1.54, 1.807) is 6.08 Å². The molecule has 1 N–H and O–H groups in total. The largest absolute Gasteiger partial charge is 0.388 e. The molecule has 0 bridgehead atoms. The average Bonchev–Trinajstić information content (AvgIpc) is 2.08. The third-order valence-corrected chi connectivity index (χ3v) is 1.98. The fourth-order valence-corrected chi connectivity index (χ4v) is 1.20. The minimum atomic E-state index is -0.451. The van der Waals surface area contributed by atoms with Gasteiger partial charge in [-0.1, -0.05) is 13.8 Å². The molecule has 0 aliphatic heterocycles. The molecular formula is C8H12O2. The van der Waals surface area contributed by atoms with Crippen LogP contribution >= 0.6 is 0 Å². The van der Waals surface area contributed by atoms with Crippen LogP contribution in [-0.4, -0.2) is 17.5 Å². The number of carbonyl (C=O) groups is 1. The van der Waals surface area contributed by atoms with Crippen LogP contribution in [0.4, 0.5) is 0 Å². The maximum Gasteiger partial charge on any atom is 0.145 e. The monoisotopic (exact) mass is 140 g/mol. The van der Waals surface area contributed by atoms with Gasteiger partial charge in [0.05, 0.1) is 6.10 Å². The third-order valence-electron chi connectivity index (χ3n) is 1.98. The quantitative estimate of drug-likeness (QED) is 0.549. The van der Waals surface area contributed by atoms with Gasteiger partial charge in [0.25, 0.3) is 0 Å². The first-order valence-electron chi connectivity index (χ1n) is 3.40. The summed E-state index contributed by atoms with van der Waals surface area (Å²) < 4.78 is 0. The Balaban J connectivity index is 2.75. The van der Waals surface area contributed by atoms with Crippen molar-refractivity contribution in [2.24, 2.45) is 5.41 Å². The van der Waals surface area contributed by atoms with Crippen molar-refractivity contribution in [3.05, 3.63) is 11.6 Å². The Kier molecular flexibility index (Phi) is 1.65. The van der Waals surface area contributed by atoms with Gasteiger partial charge in [-0.25, -0.2) is 0 Å². The number of aldehydes is 1. The van der Waals surface area contributed by atoms with E-state index in [2.05, 4.69) is 0 Å². The summed E-state index contributed by atoms with van der Waals surface area (Å²) in [6.45, 7) is 3.90. The van der Waals surface area contributed by atoms with E-state index in [4.69, 9.17) is 0 Å². The van der Waals surface area contributed by atoms with Gasteiger partial charge in [0.15, 0.2) is 0 Å². The molecule has 0 radical (unpaired) electrons. The van der Waals surface area contributed by atoms with Gasteiger partial charge in [0.1, 0.15) is 6.29 Å². The molecule has 1 aliphatic carbocycles. The Hall–Kier alpha value is -0.630. The number of hydrogen-bond acceptors (Lipinski definition) is 2. The second-order valence-electron chi connectivity index (χ2n) is 3.47. The SMILES string of the molecule is CC1(C)CC(C=O)=CC1O. The average molecular weight is 140 g/mol. The summed E-state index contributed by atoms with van der Waals surface area (Å²) in [5.74, 6) is 0. The topological polar surface area (TPSA) is 37.3 Å². The van der Waals surface area contributed by atoms with Crippen molar-refractivity contribution in [2.75, 3.05) is 0 Å². The van der Waals surface area contributed by atoms with Crippen LogP contribution in [0.2, 0.25) is 0 Å². The molecule has 1 unspecified atom stereocenters. The molecule has 0 amide bonds. The Morgan fingerprint density at radius 2 is 2.40 bits per heavy atom. The lowest BCUT2D eigenvalue weighted by molar-refractivity contribution is -0.105. The van der Waals surface area contributed by atoms with E-state index in [0.717, 1.165) is 11.9 Å². The van der Waals surface area contributed by atoms with E-state index in [9.17, 15) is 9.90 Å². The summed E-state index contributed by atoms with van der Waals surface area (Å²) in [5.41, 5.74) is 0.577. The van der Waals surface area contributed by atoms with Crippen LogP contribution in [0.25, 0.3) is 0 Å². The van der Waals surface area contributed by atoms with E-state index in [1.807, 2.05) is 13.8 Å². The van der Waals surface area contributed by atoms with Gasteiger partial charge in [0.2, 0.25) is 0 Å². The van der Waals surface area contributed by atoms with Crippen molar-refractivity contribution in [1.29, 1.82) is 0 Å². The maximum absolute atomic E-state index is 10.3. The summed E-state index contributed by atoms with van der Waals surface area (Å²) in [4.78, 5) is 10.3. The van der Waals surface area contributed by atoms with Gasteiger partial charge in [0, 0.05) is 0 Å². The minimum Gasteiger partial charge on any atom is -0.388 e. The Morgan fingerprint density at radius 1 is 1.80 bits per heavy atom. The molecular weight excluding hydrogens is 128 g/mol. The van der Waals surface area contributed by atoms with Crippen molar-refractivity contribution in [3.63, 3.8) is 0 Å². The third kappa shape index (κ3) is 1.12. The zero-order chi connectivity index (χ0) is 7.78. The van der Waals surface area contributed by atoms with E-state index >= 15 is 0 Å². The van der Waals surface area contributed by atoms with E-state index < -0.39 is 6.10 Å². The highest BCUT2D eigenvalue weighted by molar-refractivity contribution is 5.74. The first kappa shape index (κ1) is 7.48. The van der Waals surface area contributed by atoms with Crippen LogP contribution in [0, 0.1) is 5.41 Å². The highest BCUT2D eigenvalue weighted by Crippen LogP contribution is 2.35. The van der Waals surface area contributed by atoms with Crippen molar-refractivity contribution in [3.8, 4) is 0 Å². The molecule has 56 valence electrons. The van der Waals surface area contributed by atoms with E-state index in [0.29, 0.717) is 6.42 Å². The number of carbonyl (C=O) groups excluding carboxylic acids is 1. The molecule has 2 nitrogen and oxygen atoms in total. The molecule has 0 aromatic rings. The number of allylic oxidation sites excluding steroid dienone is 1. The first-order chi connectivity index (χ1) is 4.56.